The van der Waals surface area contributed by atoms with Crippen LogP contribution in [0.3, 0.4) is 0 Å². The number of nitrogens with zero attached hydrogens (tertiary/aromatic N) is 1. The molecule has 3 saturated heterocycles. The second kappa shape index (κ2) is 4.91. The number of hydrogen-bond acceptors (Lipinski definition) is 6. The highest BCUT2D eigenvalue weighted by Crippen LogP contribution is 2.40. The van der Waals surface area contributed by atoms with Crippen LogP contribution < -0.4 is 0 Å². The van der Waals surface area contributed by atoms with Gasteiger partial charge in [-0.25, -0.2) is 9.69 Å². The fraction of sp³-hybridized carbons (Fsp3) is 0.867. The molecule has 0 aliphatic carbocycles. The number of imide groups is 1. The Kier molecular flexibility index (Phi) is 3.50. The van der Waals surface area contributed by atoms with Crippen LogP contribution in [0.5, 0.6) is 0 Å². The van der Waals surface area contributed by atoms with Crippen LogP contribution >= 0.6 is 0 Å². The molecule has 0 aromatic carbocycles. The highest BCUT2D eigenvalue weighted by atomic mass is 16.8. The van der Waals surface area contributed by atoms with Crippen LogP contribution in [0, 0.1) is 5.41 Å². The summed E-state index contributed by atoms with van der Waals surface area (Å²) in [7, 11) is 0. The van der Waals surface area contributed by atoms with E-state index < -0.39 is 30.3 Å². The zero-order valence-electron chi connectivity index (χ0n) is 13.6. The van der Waals surface area contributed by atoms with Gasteiger partial charge < -0.3 is 18.9 Å². The van der Waals surface area contributed by atoms with Crippen molar-refractivity contribution in [3.8, 4) is 0 Å². The third-order valence-corrected chi connectivity index (χ3v) is 3.94. The van der Waals surface area contributed by atoms with Crippen LogP contribution in [0.25, 0.3) is 0 Å². The maximum absolute atomic E-state index is 12.4. The van der Waals surface area contributed by atoms with Gasteiger partial charge in [0.25, 0.3) is 0 Å². The molecule has 0 aromatic rings. The van der Waals surface area contributed by atoms with Crippen LogP contribution in [-0.2, 0) is 23.7 Å². The molecule has 3 rings (SSSR count). The fourth-order valence-electron chi connectivity index (χ4n) is 3.02. The average Bonchev–Trinajstić information content (AvgIpc) is 2.81. The molecular weight excluding hydrogens is 290 g/mol. The zero-order chi connectivity index (χ0) is 16.3. The molecule has 4 atom stereocenters. The van der Waals surface area contributed by atoms with Gasteiger partial charge in [0.05, 0.1) is 6.61 Å². The third kappa shape index (κ3) is 2.73. The Labute approximate surface area is 129 Å². The lowest BCUT2D eigenvalue weighted by Gasteiger charge is -2.37. The van der Waals surface area contributed by atoms with E-state index in [0.29, 0.717) is 6.61 Å². The smallest absolute Gasteiger partial charge is 0.419 e. The second-order valence-electron chi connectivity index (χ2n) is 7.71. The van der Waals surface area contributed by atoms with Crippen molar-refractivity contribution < 1.29 is 28.5 Å². The highest BCUT2D eigenvalue weighted by molar-refractivity contribution is 5.94. The molecule has 124 valence electrons. The van der Waals surface area contributed by atoms with Gasteiger partial charge in [-0.05, 0) is 19.3 Å². The normalized spacial score (nSPS) is 36.8. The Hall–Kier alpha value is -1.18. The number of fused-ring (bicyclic) bond motifs is 3. The summed E-state index contributed by atoms with van der Waals surface area (Å²) < 4.78 is 22.6. The van der Waals surface area contributed by atoms with Crippen molar-refractivity contribution in [3.05, 3.63) is 0 Å². The molecule has 0 bridgehead atoms. The topological polar surface area (TPSA) is 74.3 Å². The standard InChI is InChI=1S/C15H23NO6/c1-14(2,3)6-9(17)16-12-11(21-13(16)18)10-8(20-12)7-19-15(4,5)22-10/h8,10-12H,6-7H2,1-5H3/t8-,10+,11-,12+/m1/s1. The van der Waals surface area contributed by atoms with Crippen molar-refractivity contribution >= 4 is 12.0 Å². The molecule has 0 spiro atoms. The molecule has 3 heterocycles. The number of amides is 2. The first-order valence-corrected chi connectivity index (χ1v) is 7.57. The van der Waals surface area contributed by atoms with E-state index in [-0.39, 0.29) is 23.8 Å². The lowest BCUT2D eigenvalue weighted by atomic mass is 9.91. The monoisotopic (exact) mass is 313 g/mol. The van der Waals surface area contributed by atoms with E-state index in [4.69, 9.17) is 18.9 Å². The molecule has 22 heavy (non-hydrogen) atoms. The molecule has 0 aromatic heterocycles. The van der Waals surface area contributed by atoms with Gasteiger partial charge >= 0.3 is 6.09 Å². The Morgan fingerprint density at radius 2 is 2.00 bits per heavy atom. The van der Waals surface area contributed by atoms with E-state index in [1.807, 2.05) is 20.8 Å². The fourth-order valence-corrected chi connectivity index (χ4v) is 3.02. The van der Waals surface area contributed by atoms with E-state index in [9.17, 15) is 9.59 Å². The lowest BCUT2D eigenvalue weighted by molar-refractivity contribution is -0.301. The van der Waals surface area contributed by atoms with Gasteiger partial charge in [0.2, 0.25) is 5.91 Å². The second-order valence-corrected chi connectivity index (χ2v) is 7.71. The van der Waals surface area contributed by atoms with Gasteiger partial charge in [-0.15, -0.1) is 0 Å². The molecule has 0 N–H and O–H groups in total. The van der Waals surface area contributed by atoms with Crippen molar-refractivity contribution in [2.45, 2.75) is 71.4 Å². The Morgan fingerprint density at radius 3 is 2.64 bits per heavy atom. The summed E-state index contributed by atoms with van der Waals surface area (Å²) in [6.07, 6.45) is -2.48. The first-order chi connectivity index (χ1) is 10.1. The molecule has 2 amide bonds. The molecule has 7 heteroatoms. The first-order valence-electron chi connectivity index (χ1n) is 7.57. The van der Waals surface area contributed by atoms with Gasteiger partial charge in [0.1, 0.15) is 12.2 Å². The summed E-state index contributed by atoms with van der Waals surface area (Å²) in [6.45, 7) is 9.78. The van der Waals surface area contributed by atoms with Crippen molar-refractivity contribution in [3.63, 3.8) is 0 Å². The van der Waals surface area contributed by atoms with Gasteiger partial charge in [-0.1, -0.05) is 20.8 Å². The van der Waals surface area contributed by atoms with Crippen molar-refractivity contribution in [1.82, 2.24) is 4.90 Å². The quantitative estimate of drug-likeness (QED) is 0.733. The Morgan fingerprint density at radius 1 is 1.32 bits per heavy atom. The summed E-state index contributed by atoms with van der Waals surface area (Å²) in [5, 5.41) is 0. The Bertz CT molecular complexity index is 497. The van der Waals surface area contributed by atoms with Crippen LogP contribution in [0.1, 0.15) is 41.0 Å². The first kappa shape index (κ1) is 15.7. The van der Waals surface area contributed by atoms with Gasteiger partial charge in [-0.2, -0.15) is 0 Å². The molecule has 3 fully saturated rings. The largest absolute Gasteiger partial charge is 0.438 e. The predicted molar refractivity (Wildman–Crippen MR) is 74.8 cm³/mol. The van der Waals surface area contributed by atoms with Crippen LogP contribution in [0.15, 0.2) is 0 Å². The van der Waals surface area contributed by atoms with Gasteiger partial charge in [0, 0.05) is 6.42 Å². The van der Waals surface area contributed by atoms with Crippen LogP contribution in [0.4, 0.5) is 4.79 Å². The molecule has 3 aliphatic rings. The van der Waals surface area contributed by atoms with Crippen LogP contribution in [-0.4, -0.2) is 53.8 Å². The van der Waals surface area contributed by atoms with E-state index >= 15 is 0 Å². The molecule has 0 unspecified atom stereocenters. The minimum Gasteiger partial charge on any atom is -0.438 e. The minimum absolute atomic E-state index is 0.220. The third-order valence-electron chi connectivity index (χ3n) is 3.94. The summed E-state index contributed by atoms with van der Waals surface area (Å²) in [6, 6.07) is 0. The van der Waals surface area contributed by atoms with E-state index in [0.717, 1.165) is 4.90 Å². The van der Waals surface area contributed by atoms with E-state index in [1.54, 1.807) is 13.8 Å². The Balaban J connectivity index is 1.77. The average molecular weight is 313 g/mol. The number of hydrogen-bond donors (Lipinski definition) is 0. The number of carbonyl (C=O) groups excluding carboxylic acids is 2. The lowest BCUT2D eigenvalue weighted by Crippen LogP contribution is -2.50. The number of rotatable bonds is 1. The summed E-state index contributed by atoms with van der Waals surface area (Å²) >= 11 is 0. The predicted octanol–water partition coefficient (Wildman–Crippen LogP) is 1.65. The van der Waals surface area contributed by atoms with E-state index in [1.165, 1.54) is 0 Å². The maximum Gasteiger partial charge on any atom is 0.419 e. The van der Waals surface area contributed by atoms with Crippen LogP contribution in [0.2, 0.25) is 0 Å². The minimum atomic E-state index is -0.755. The maximum atomic E-state index is 12.4. The zero-order valence-corrected chi connectivity index (χ0v) is 13.6. The summed E-state index contributed by atoms with van der Waals surface area (Å²) in [5.41, 5.74) is -0.220. The van der Waals surface area contributed by atoms with Crippen molar-refractivity contribution in [1.29, 1.82) is 0 Å². The number of ether oxygens (including phenoxy) is 4. The molecular formula is C15H23NO6. The number of carbonyl (C=O) groups is 2. The SMILES string of the molecule is CC(C)(C)CC(=O)N1C(=O)O[C@@H]2[C@H]3OC(C)(C)OC[C@H]3O[C@@H]21. The van der Waals surface area contributed by atoms with Crippen molar-refractivity contribution in [2.75, 3.05) is 6.61 Å². The van der Waals surface area contributed by atoms with Gasteiger partial charge in [-0.3, -0.25) is 4.79 Å². The van der Waals surface area contributed by atoms with Gasteiger partial charge in [0.15, 0.2) is 18.1 Å². The molecule has 0 saturated carbocycles. The molecule has 3 aliphatic heterocycles. The highest BCUT2D eigenvalue weighted by Gasteiger charge is 2.60. The molecule has 7 nitrogen and oxygen atoms in total. The molecule has 0 radical (unpaired) electrons. The summed E-state index contributed by atoms with van der Waals surface area (Å²) in [4.78, 5) is 25.6. The van der Waals surface area contributed by atoms with E-state index in [2.05, 4.69) is 0 Å². The summed E-state index contributed by atoms with van der Waals surface area (Å²) in [5.74, 6) is -1.04. The van der Waals surface area contributed by atoms with Crippen molar-refractivity contribution in [2.24, 2.45) is 5.41 Å².